The second-order valence-corrected chi connectivity index (χ2v) is 6.98. The standard InChI is InChI=1S/C22H22FN5S/c1-24-21(28-27-15-16-8-10-19(29-2)11-9-16)20-7-4-12-25-22(20)26-14-17-5-3-6-18(23)13-17/h3-13,15H,14H2,1-2H3,(H,24,28)(H,25,26)/b27-15+. The van der Waals surface area contributed by atoms with Crippen molar-refractivity contribution >= 4 is 29.6 Å². The van der Waals surface area contributed by atoms with E-state index < -0.39 is 0 Å². The van der Waals surface area contributed by atoms with E-state index in [9.17, 15) is 4.39 Å². The minimum atomic E-state index is -0.261. The van der Waals surface area contributed by atoms with Gasteiger partial charge in [0.1, 0.15) is 11.6 Å². The van der Waals surface area contributed by atoms with E-state index in [1.165, 1.54) is 17.0 Å². The molecule has 0 amide bonds. The normalized spacial score (nSPS) is 11.6. The molecule has 0 bridgehead atoms. The van der Waals surface area contributed by atoms with Gasteiger partial charge in [0.2, 0.25) is 0 Å². The summed E-state index contributed by atoms with van der Waals surface area (Å²) in [5.41, 5.74) is 5.58. The number of aliphatic imine (C=N–C) groups is 1. The molecule has 2 N–H and O–H groups in total. The van der Waals surface area contributed by atoms with Crippen molar-refractivity contribution in [3.63, 3.8) is 0 Å². The van der Waals surface area contributed by atoms with Crippen LogP contribution in [0.4, 0.5) is 10.2 Å². The van der Waals surface area contributed by atoms with Crippen molar-refractivity contribution in [2.45, 2.75) is 11.4 Å². The van der Waals surface area contributed by atoms with Gasteiger partial charge < -0.3 is 5.32 Å². The fraction of sp³-hybridized carbons (Fsp3) is 0.136. The first-order chi connectivity index (χ1) is 14.2. The summed E-state index contributed by atoms with van der Waals surface area (Å²) in [6, 6.07) is 18.3. The third-order valence-electron chi connectivity index (χ3n) is 4.14. The van der Waals surface area contributed by atoms with Crippen LogP contribution in [0.1, 0.15) is 16.7 Å². The first-order valence-corrected chi connectivity index (χ1v) is 10.3. The molecule has 7 heteroatoms. The number of hydrogen-bond acceptors (Lipinski definition) is 5. The highest BCUT2D eigenvalue weighted by Gasteiger charge is 2.09. The fourth-order valence-corrected chi connectivity index (χ4v) is 3.07. The molecule has 3 aromatic rings. The van der Waals surface area contributed by atoms with Gasteiger partial charge in [-0.25, -0.2) is 9.37 Å². The summed E-state index contributed by atoms with van der Waals surface area (Å²) in [5, 5.41) is 7.54. The lowest BCUT2D eigenvalue weighted by molar-refractivity contribution is 0.626. The second-order valence-electron chi connectivity index (χ2n) is 6.10. The van der Waals surface area contributed by atoms with Crippen molar-refractivity contribution in [1.82, 2.24) is 10.4 Å². The Morgan fingerprint density at radius 3 is 2.69 bits per heavy atom. The third-order valence-corrected chi connectivity index (χ3v) is 4.88. The zero-order valence-corrected chi connectivity index (χ0v) is 17.1. The van der Waals surface area contributed by atoms with E-state index in [4.69, 9.17) is 0 Å². The summed E-state index contributed by atoms with van der Waals surface area (Å²) >= 11 is 1.70. The molecule has 148 valence electrons. The van der Waals surface area contributed by atoms with Crippen LogP contribution in [0.2, 0.25) is 0 Å². The quantitative estimate of drug-likeness (QED) is 0.261. The van der Waals surface area contributed by atoms with Crippen molar-refractivity contribution in [2.24, 2.45) is 10.1 Å². The van der Waals surface area contributed by atoms with Crippen LogP contribution in [0.5, 0.6) is 0 Å². The zero-order valence-electron chi connectivity index (χ0n) is 16.3. The van der Waals surface area contributed by atoms with E-state index in [0.717, 1.165) is 16.7 Å². The van der Waals surface area contributed by atoms with Crippen LogP contribution < -0.4 is 10.7 Å². The summed E-state index contributed by atoms with van der Waals surface area (Å²) in [5.74, 6) is 0.962. The van der Waals surface area contributed by atoms with Crippen molar-refractivity contribution in [3.8, 4) is 0 Å². The predicted octanol–water partition coefficient (Wildman–Crippen LogP) is 4.55. The monoisotopic (exact) mass is 407 g/mol. The molecule has 0 aliphatic rings. The van der Waals surface area contributed by atoms with Gasteiger partial charge in [0.05, 0.1) is 11.8 Å². The van der Waals surface area contributed by atoms with Gasteiger partial charge in [0, 0.05) is 24.7 Å². The number of nitrogens with one attached hydrogen (secondary N) is 2. The van der Waals surface area contributed by atoms with Gasteiger partial charge in [-0.15, -0.1) is 11.8 Å². The van der Waals surface area contributed by atoms with Gasteiger partial charge in [0.15, 0.2) is 5.84 Å². The van der Waals surface area contributed by atoms with Crippen LogP contribution in [0, 0.1) is 5.82 Å². The average Bonchev–Trinajstić information content (AvgIpc) is 2.76. The summed E-state index contributed by atoms with van der Waals surface area (Å²) in [4.78, 5) is 9.89. The number of nitrogens with zero attached hydrogens (tertiary/aromatic N) is 3. The second kappa shape index (κ2) is 10.4. The molecule has 1 heterocycles. The molecule has 2 aromatic carbocycles. The molecule has 0 aliphatic heterocycles. The van der Waals surface area contributed by atoms with E-state index in [2.05, 4.69) is 38.0 Å². The number of hydrazone groups is 1. The summed E-state index contributed by atoms with van der Waals surface area (Å²) < 4.78 is 13.4. The Hall–Kier alpha value is -3.19. The van der Waals surface area contributed by atoms with Crippen molar-refractivity contribution in [3.05, 3.63) is 89.4 Å². The number of anilines is 1. The molecule has 0 radical (unpaired) electrons. The minimum absolute atomic E-state index is 0.261. The van der Waals surface area contributed by atoms with Crippen LogP contribution in [0.3, 0.4) is 0 Å². The highest BCUT2D eigenvalue weighted by molar-refractivity contribution is 7.98. The molecule has 3 rings (SSSR count). The number of thioether (sulfide) groups is 1. The number of amidine groups is 1. The third kappa shape index (κ3) is 5.89. The molecular formula is C22H22FN5S. The van der Waals surface area contributed by atoms with Gasteiger partial charge in [-0.3, -0.25) is 10.4 Å². The van der Waals surface area contributed by atoms with Crippen LogP contribution >= 0.6 is 11.8 Å². The number of benzene rings is 2. The molecule has 29 heavy (non-hydrogen) atoms. The SMILES string of the molecule is CN=C(N/N=C/c1ccc(SC)cc1)c1cccnc1NCc1cccc(F)c1. The largest absolute Gasteiger partial charge is 0.365 e. The van der Waals surface area contributed by atoms with E-state index in [1.807, 2.05) is 36.6 Å². The van der Waals surface area contributed by atoms with Gasteiger partial charge in [-0.1, -0.05) is 24.3 Å². The molecular weight excluding hydrogens is 385 g/mol. The molecule has 0 aliphatic carbocycles. The molecule has 0 spiro atoms. The Morgan fingerprint density at radius 1 is 1.14 bits per heavy atom. The van der Waals surface area contributed by atoms with Crippen molar-refractivity contribution in [1.29, 1.82) is 0 Å². The lowest BCUT2D eigenvalue weighted by Crippen LogP contribution is -2.21. The maximum absolute atomic E-state index is 13.4. The molecule has 1 aromatic heterocycles. The first kappa shape index (κ1) is 20.5. The highest BCUT2D eigenvalue weighted by atomic mass is 32.2. The van der Waals surface area contributed by atoms with Crippen molar-refractivity contribution < 1.29 is 4.39 Å². The van der Waals surface area contributed by atoms with Gasteiger partial charge in [-0.2, -0.15) is 5.10 Å². The van der Waals surface area contributed by atoms with Crippen molar-refractivity contribution in [2.75, 3.05) is 18.6 Å². The Bertz CT molecular complexity index is 1000. The predicted molar refractivity (Wildman–Crippen MR) is 119 cm³/mol. The Kier molecular flexibility index (Phi) is 7.35. The van der Waals surface area contributed by atoms with Crippen LogP contribution in [-0.2, 0) is 6.54 Å². The summed E-state index contributed by atoms with van der Waals surface area (Å²) in [6.45, 7) is 0.448. The lowest BCUT2D eigenvalue weighted by atomic mass is 10.2. The molecule has 0 saturated carbocycles. The van der Waals surface area contributed by atoms with E-state index >= 15 is 0 Å². The number of hydrogen-bond donors (Lipinski definition) is 2. The molecule has 0 atom stereocenters. The lowest BCUT2D eigenvalue weighted by Gasteiger charge is -2.12. The van der Waals surface area contributed by atoms with Gasteiger partial charge >= 0.3 is 0 Å². The molecule has 0 fully saturated rings. The summed E-state index contributed by atoms with van der Waals surface area (Å²) in [7, 11) is 1.69. The Labute approximate surface area is 174 Å². The van der Waals surface area contributed by atoms with E-state index in [-0.39, 0.29) is 5.82 Å². The Balaban J connectivity index is 1.69. The van der Waals surface area contributed by atoms with Gasteiger partial charge in [0.25, 0.3) is 0 Å². The maximum Gasteiger partial charge on any atom is 0.152 e. The topological polar surface area (TPSA) is 61.7 Å². The van der Waals surface area contributed by atoms with Crippen LogP contribution in [0.25, 0.3) is 0 Å². The van der Waals surface area contributed by atoms with Crippen LogP contribution in [-0.4, -0.2) is 30.3 Å². The maximum atomic E-state index is 13.4. The minimum Gasteiger partial charge on any atom is -0.365 e. The van der Waals surface area contributed by atoms with Crippen LogP contribution in [0.15, 0.2) is 81.8 Å². The smallest absolute Gasteiger partial charge is 0.152 e. The summed E-state index contributed by atoms with van der Waals surface area (Å²) in [6.07, 6.45) is 5.48. The number of halogens is 1. The molecule has 0 unspecified atom stereocenters. The zero-order chi connectivity index (χ0) is 20.5. The first-order valence-electron chi connectivity index (χ1n) is 9.03. The number of pyridine rings is 1. The fourth-order valence-electron chi connectivity index (χ4n) is 2.66. The van der Waals surface area contributed by atoms with Gasteiger partial charge in [-0.05, 0) is 53.8 Å². The molecule has 0 saturated heterocycles. The highest BCUT2D eigenvalue weighted by Crippen LogP contribution is 2.15. The number of rotatable bonds is 7. The average molecular weight is 408 g/mol. The van der Waals surface area contributed by atoms with E-state index in [0.29, 0.717) is 18.2 Å². The Morgan fingerprint density at radius 2 is 1.97 bits per heavy atom. The van der Waals surface area contributed by atoms with E-state index in [1.54, 1.807) is 37.3 Å². The number of aromatic nitrogens is 1. The molecule has 5 nitrogen and oxygen atoms in total.